The fraction of sp³-hybridized carbons (Fsp3) is 0.647. The minimum absolute atomic E-state index is 0.463. The zero-order chi connectivity index (χ0) is 13.9. The molecule has 1 nitrogen and oxygen atoms in total. The van der Waals surface area contributed by atoms with Crippen LogP contribution >= 0.6 is 15.9 Å². The molecule has 2 unspecified atom stereocenters. The van der Waals surface area contributed by atoms with Crippen LogP contribution in [0.15, 0.2) is 30.3 Å². The SMILES string of the molecule is CCCCC(CC)COCC(CBr)c1ccccc1. The standard InChI is InChI=1S/C17H27BrO/c1-3-5-9-15(4-2)13-19-14-17(12-18)16-10-7-6-8-11-16/h6-8,10-11,15,17H,3-5,9,12-14H2,1-2H3. The Morgan fingerprint density at radius 1 is 1.11 bits per heavy atom. The van der Waals surface area contributed by atoms with Crippen molar-refractivity contribution in [3.05, 3.63) is 35.9 Å². The summed E-state index contributed by atoms with van der Waals surface area (Å²) in [5.74, 6) is 1.19. The number of benzene rings is 1. The summed E-state index contributed by atoms with van der Waals surface area (Å²) < 4.78 is 5.96. The van der Waals surface area contributed by atoms with E-state index in [9.17, 15) is 0 Å². The molecule has 0 aliphatic carbocycles. The lowest BCUT2D eigenvalue weighted by atomic mass is 10.00. The normalized spacial score (nSPS) is 14.3. The predicted octanol–water partition coefficient (Wildman–Crippen LogP) is 5.40. The van der Waals surface area contributed by atoms with Gasteiger partial charge in [0.2, 0.25) is 0 Å². The Bertz CT molecular complexity index is 312. The molecule has 19 heavy (non-hydrogen) atoms. The molecule has 108 valence electrons. The van der Waals surface area contributed by atoms with E-state index in [1.165, 1.54) is 31.2 Å². The molecule has 1 rings (SSSR count). The Morgan fingerprint density at radius 2 is 1.84 bits per heavy atom. The molecule has 1 aromatic carbocycles. The molecule has 0 N–H and O–H groups in total. The summed E-state index contributed by atoms with van der Waals surface area (Å²) in [5.41, 5.74) is 1.36. The molecule has 0 aromatic heterocycles. The fourth-order valence-corrected chi connectivity index (χ4v) is 2.79. The van der Waals surface area contributed by atoms with Gasteiger partial charge in [0.05, 0.1) is 6.61 Å². The Morgan fingerprint density at radius 3 is 2.42 bits per heavy atom. The van der Waals surface area contributed by atoms with Crippen molar-refractivity contribution in [2.45, 2.75) is 45.4 Å². The van der Waals surface area contributed by atoms with Crippen LogP contribution in [0.2, 0.25) is 0 Å². The highest BCUT2D eigenvalue weighted by molar-refractivity contribution is 9.09. The van der Waals surface area contributed by atoms with E-state index in [-0.39, 0.29) is 0 Å². The highest BCUT2D eigenvalue weighted by atomic mass is 79.9. The lowest BCUT2D eigenvalue weighted by Crippen LogP contribution is -2.15. The highest BCUT2D eigenvalue weighted by Crippen LogP contribution is 2.20. The van der Waals surface area contributed by atoms with E-state index in [2.05, 4.69) is 60.1 Å². The summed E-state index contributed by atoms with van der Waals surface area (Å²) in [5, 5.41) is 0.961. The van der Waals surface area contributed by atoms with Gasteiger partial charge in [0.25, 0.3) is 0 Å². The van der Waals surface area contributed by atoms with Gasteiger partial charge < -0.3 is 4.74 Å². The third kappa shape index (κ3) is 6.58. The summed E-state index contributed by atoms with van der Waals surface area (Å²) in [4.78, 5) is 0. The molecule has 2 atom stereocenters. The second kappa shape index (κ2) is 10.4. The van der Waals surface area contributed by atoms with Crippen molar-refractivity contribution >= 4 is 15.9 Å². The van der Waals surface area contributed by atoms with Gasteiger partial charge in [0.15, 0.2) is 0 Å². The van der Waals surface area contributed by atoms with E-state index < -0.39 is 0 Å². The molecule has 0 saturated heterocycles. The second-order valence-electron chi connectivity index (χ2n) is 5.22. The molecule has 0 aliphatic heterocycles. The van der Waals surface area contributed by atoms with Crippen molar-refractivity contribution in [3.63, 3.8) is 0 Å². The summed E-state index contributed by atoms with van der Waals surface area (Å²) in [6.07, 6.45) is 5.13. The van der Waals surface area contributed by atoms with Gasteiger partial charge in [-0.3, -0.25) is 0 Å². The fourth-order valence-electron chi connectivity index (χ4n) is 2.23. The predicted molar refractivity (Wildman–Crippen MR) is 87.1 cm³/mol. The molecular formula is C17H27BrO. The van der Waals surface area contributed by atoms with Crippen molar-refractivity contribution in [1.82, 2.24) is 0 Å². The van der Waals surface area contributed by atoms with E-state index in [0.29, 0.717) is 5.92 Å². The van der Waals surface area contributed by atoms with Gasteiger partial charge >= 0.3 is 0 Å². The first kappa shape index (κ1) is 16.7. The first-order chi connectivity index (χ1) is 9.31. The average molecular weight is 327 g/mol. The molecule has 0 bridgehead atoms. The summed E-state index contributed by atoms with van der Waals surface area (Å²) >= 11 is 3.60. The van der Waals surface area contributed by atoms with Crippen LogP contribution in [0.25, 0.3) is 0 Å². The first-order valence-corrected chi connectivity index (χ1v) is 8.62. The Hall–Kier alpha value is -0.340. The van der Waals surface area contributed by atoms with E-state index in [0.717, 1.165) is 24.5 Å². The van der Waals surface area contributed by atoms with Crippen LogP contribution in [0.1, 0.15) is 51.0 Å². The van der Waals surface area contributed by atoms with Gasteiger partial charge in [0, 0.05) is 17.9 Å². The first-order valence-electron chi connectivity index (χ1n) is 7.50. The van der Waals surface area contributed by atoms with Gasteiger partial charge in [-0.1, -0.05) is 79.4 Å². The minimum atomic E-state index is 0.463. The van der Waals surface area contributed by atoms with Gasteiger partial charge in [-0.2, -0.15) is 0 Å². The van der Waals surface area contributed by atoms with E-state index in [1.54, 1.807) is 0 Å². The molecule has 0 spiro atoms. The molecule has 0 saturated carbocycles. The van der Waals surface area contributed by atoms with Gasteiger partial charge in [-0.15, -0.1) is 0 Å². The van der Waals surface area contributed by atoms with Gasteiger partial charge in [-0.05, 0) is 17.9 Å². The van der Waals surface area contributed by atoms with Crippen LogP contribution in [0, 0.1) is 5.92 Å². The van der Waals surface area contributed by atoms with Crippen molar-refractivity contribution in [3.8, 4) is 0 Å². The Balaban J connectivity index is 2.33. The Kier molecular flexibility index (Phi) is 9.19. The third-order valence-corrected chi connectivity index (χ3v) is 4.45. The van der Waals surface area contributed by atoms with Crippen molar-refractivity contribution in [2.24, 2.45) is 5.92 Å². The lowest BCUT2D eigenvalue weighted by molar-refractivity contribution is 0.0865. The molecule has 0 heterocycles. The van der Waals surface area contributed by atoms with Crippen LogP contribution in [0.3, 0.4) is 0 Å². The number of hydrogen-bond acceptors (Lipinski definition) is 1. The number of unbranched alkanes of at least 4 members (excludes halogenated alkanes) is 1. The van der Waals surface area contributed by atoms with Crippen LogP contribution < -0.4 is 0 Å². The number of rotatable bonds is 10. The zero-order valence-corrected chi connectivity index (χ0v) is 13.9. The maximum Gasteiger partial charge on any atom is 0.0542 e. The van der Waals surface area contributed by atoms with E-state index >= 15 is 0 Å². The zero-order valence-electron chi connectivity index (χ0n) is 12.3. The van der Waals surface area contributed by atoms with Gasteiger partial charge in [0.1, 0.15) is 0 Å². The molecule has 0 amide bonds. The number of hydrogen-bond donors (Lipinski definition) is 0. The summed E-state index contributed by atoms with van der Waals surface area (Å²) in [6.45, 7) is 6.25. The molecule has 2 heteroatoms. The van der Waals surface area contributed by atoms with E-state index in [1.807, 2.05) is 0 Å². The van der Waals surface area contributed by atoms with Crippen LogP contribution in [-0.4, -0.2) is 18.5 Å². The number of ether oxygens (including phenoxy) is 1. The smallest absolute Gasteiger partial charge is 0.0542 e. The topological polar surface area (TPSA) is 9.23 Å². The van der Waals surface area contributed by atoms with E-state index in [4.69, 9.17) is 4.74 Å². The van der Waals surface area contributed by atoms with Crippen molar-refractivity contribution in [2.75, 3.05) is 18.5 Å². The number of alkyl halides is 1. The molecular weight excluding hydrogens is 300 g/mol. The maximum atomic E-state index is 5.96. The Labute approximate surface area is 126 Å². The van der Waals surface area contributed by atoms with Crippen molar-refractivity contribution < 1.29 is 4.74 Å². The minimum Gasteiger partial charge on any atom is -0.380 e. The van der Waals surface area contributed by atoms with Crippen LogP contribution in [-0.2, 0) is 4.74 Å². The quantitative estimate of drug-likeness (QED) is 0.523. The molecule has 0 fully saturated rings. The highest BCUT2D eigenvalue weighted by Gasteiger charge is 2.12. The monoisotopic (exact) mass is 326 g/mol. The molecule has 1 aromatic rings. The van der Waals surface area contributed by atoms with Crippen molar-refractivity contribution in [1.29, 1.82) is 0 Å². The largest absolute Gasteiger partial charge is 0.380 e. The second-order valence-corrected chi connectivity index (χ2v) is 5.86. The molecule has 0 aliphatic rings. The third-order valence-electron chi connectivity index (χ3n) is 3.67. The average Bonchev–Trinajstić information content (AvgIpc) is 2.47. The van der Waals surface area contributed by atoms with Gasteiger partial charge in [-0.25, -0.2) is 0 Å². The van der Waals surface area contributed by atoms with Crippen LogP contribution in [0.5, 0.6) is 0 Å². The lowest BCUT2D eigenvalue weighted by Gasteiger charge is -2.18. The maximum absolute atomic E-state index is 5.96. The summed E-state index contributed by atoms with van der Waals surface area (Å²) in [7, 11) is 0. The van der Waals surface area contributed by atoms with Crippen LogP contribution in [0.4, 0.5) is 0 Å². The number of halogens is 1. The summed E-state index contributed by atoms with van der Waals surface area (Å²) in [6, 6.07) is 10.6. The molecule has 0 radical (unpaired) electrons.